The Balaban J connectivity index is 1.37. The maximum Gasteiger partial charge on any atom is 0.437 e. The number of halogens is 1. The number of alkyl halides is 1. The summed E-state index contributed by atoms with van der Waals surface area (Å²) in [5.74, 6) is -0.597. The molecule has 30 heavy (non-hydrogen) atoms. The molecule has 10 heteroatoms. The largest absolute Gasteiger partial charge is 0.437 e. The molecule has 1 fully saturated rings. The van der Waals surface area contributed by atoms with Gasteiger partial charge in [-0.25, -0.2) is 19.2 Å². The first kappa shape index (κ1) is 18.5. The van der Waals surface area contributed by atoms with Crippen molar-refractivity contribution in [2.45, 2.75) is 38.0 Å². The van der Waals surface area contributed by atoms with E-state index < -0.39 is 17.5 Å². The molecule has 0 unspecified atom stereocenters. The second-order valence-corrected chi connectivity index (χ2v) is 7.80. The first-order valence-corrected chi connectivity index (χ1v) is 9.55. The van der Waals surface area contributed by atoms with Crippen LogP contribution in [0.1, 0.15) is 35.9 Å². The van der Waals surface area contributed by atoms with Gasteiger partial charge in [0.2, 0.25) is 5.89 Å². The van der Waals surface area contributed by atoms with Crippen LogP contribution in [0.3, 0.4) is 0 Å². The van der Waals surface area contributed by atoms with Crippen LogP contribution in [0.4, 0.5) is 4.39 Å². The standard InChI is InChI=1S/C20H19FN6O3/c1-12-3-5-13(6-4-12)20(21)7-14(8-20)27-19(29)30-15(24-27)9-26-11-23-17-16(18(26)28)25(2)10-22-17/h3-6,10-11,14H,7-9H2,1-2H3. The van der Waals surface area contributed by atoms with E-state index >= 15 is 4.39 Å². The highest BCUT2D eigenvalue weighted by molar-refractivity contribution is 5.68. The lowest BCUT2D eigenvalue weighted by Crippen LogP contribution is -2.41. The molecule has 154 valence electrons. The second kappa shape index (κ2) is 6.48. The molecule has 9 nitrogen and oxygen atoms in total. The molecule has 3 aromatic heterocycles. The maximum atomic E-state index is 15.2. The minimum atomic E-state index is -1.48. The van der Waals surface area contributed by atoms with Crippen molar-refractivity contribution in [3.63, 3.8) is 0 Å². The van der Waals surface area contributed by atoms with E-state index in [0.29, 0.717) is 16.7 Å². The summed E-state index contributed by atoms with van der Waals surface area (Å²) < 4.78 is 24.4. The van der Waals surface area contributed by atoms with Crippen molar-refractivity contribution < 1.29 is 8.81 Å². The van der Waals surface area contributed by atoms with Gasteiger partial charge in [0.1, 0.15) is 18.5 Å². The Morgan fingerprint density at radius 3 is 2.60 bits per heavy atom. The average molecular weight is 410 g/mol. The van der Waals surface area contributed by atoms with E-state index in [1.807, 2.05) is 19.1 Å². The molecule has 1 saturated carbocycles. The minimum Gasteiger partial charge on any atom is -0.390 e. The highest BCUT2D eigenvalue weighted by Gasteiger charge is 2.48. The van der Waals surface area contributed by atoms with E-state index in [1.54, 1.807) is 23.7 Å². The lowest BCUT2D eigenvalue weighted by atomic mass is 9.73. The number of hydrogen-bond donors (Lipinski definition) is 0. The van der Waals surface area contributed by atoms with Crippen LogP contribution in [-0.2, 0) is 19.3 Å². The molecule has 0 N–H and O–H groups in total. The van der Waals surface area contributed by atoms with Gasteiger partial charge in [0, 0.05) is 19.9 Å². The normalized spacial score (nSPS) is 21.1. The summed E-state index contributed by atoms with van der Waals surface area (Å²) in [6.07, 6.45) is 3.13. The number of aromatic nitrogens is 6. The van der Waals surface area contributed by atoms with Crippen molar-refractivity contribution in [3.8, 4) is 0 Å². The van der Waals surface area contributed by atoms with Crippen LogP contribution in [0, 0.1) is 6.92 Å². The van der Waals surface area contributed by atoms with E-state index in [-0.39, 0.29) is 30.8 Å². The molecule has 4 aromatic rings. The molecule has 5 rings (SSSR count). The molecule has 1 aromatic carbocycles. The smallest absolute Gasteiger partial charge is 0.390 e. The Labute approximate surface area is 169 Å². The van der Waals surface area contributed by atoms with Crippen LogP contribution in [0.5, 0.6) is 0 Å². The highest BCUT2D eigenvalue weighted by Crippen LogP contribution is 2.50. The van der Waals surface area contributed by atoms with Gasteiger partial charge in [-0.3, -0.25) is 9.36 Å². The molecule has 0 atom stereocenters. The number of fused-ring (bicyclic) bond motifs is 1. The lowest BCUT2D eigenvalue weighted by molar-refractivity contribution is 0.00178. The third-order valence-electron chi connectivity index (χ3n) is 5.65. The summed E-state index contributed by atoms with van der Waals surface area (Å²) in [4.78, 5) is 33.1. The summed E-state index contributed by atoms with van der Waals surface area (Å²) in [5.41, 5.74) is 0.549. The van der Waals surface area contributed by atoms with Crippen molar-refractivity contribution in [1.82, 2.24) is 28.9 Å². The van der Waals surface area contributed by atoms with Gasteiger partial charge in [-0.05, 0) is 12.5 Å². The molecule has 0 spiro atoms. The van der Waals surface area contributed by atoms with Crippen LogP contribution in [-0.4, -0.2) is 28.9 Å². The molecule has 1 aliphatic rings. The summed E-state index contributed by atoms with van der Waals surface area (Å²) >= 11 is 0. The summed E-state index contributed by atoms with van der Waals surface area (Å²) in [7, 11) is 1.70. The zero-order valence-corrected chi connectivity index (χ0v) is 16.4. The SMILES string of the molecule is Cc1ccc(C2(F)CC(n3nc(Cn4cnc5ncn(C)c5c4=O)oc3=O)C2)cc1. The number of rotatable bonds is 4. The van der Waals surface area contributed by atoms with Gasteiger partial charge in [0.15, 0.2) is 11.2 Å². The first-order chi connectivity index (χ1) is 14.3. The van der Waals surface area contributed by atoms with Gasteiger partial charge >= 0.3 is 5.76 Å². The fourth-order valence-electron chi connectivity index (χ4n) is 3.90. The van der Waals surface area contributed by atoms with Gasteiger partial charge in [-0.15, -0.1) is 5.10 Å². The van der Waals surface area contributed by atoms with Crippen molar-refractivity contribution in [1.29, 1.82) is 0 Å². The highest BCUT2D eigenvalue weighted by atomic mass is 19.1. The van der Waals surface area contributed by atoms with Crippen molar-refractivity contribution >= 4 is 11.2 Å². The molecule has 0 aliphatic heterocycles. The third-order valence-corrected chi connectivity index (χ3v) is 5.65. The van der Waals surface area contributed by atoms with Crippen LogP contribution in [0.25, 0.3) is 11.2 Å². The Hall–Kier alpha value is -3.56. The van der Waals surface area contributed by atoms with Crippen molar-refractivity contribution in [2.75, 3.05) is 0 Å². The third kappa shape index (κ3) is 2.87. The van der Waals surface area contributed by atoms with E-state index in [0.717, 1.165) is 5.56 Å². The average Bonchev–Trinajstić information content (AvgIpc) is 3.25. The quantitative estimate of drug-likeness (QED) is 0.509. The Morgan fingerprint density at radius 2 is 1.87 bits per heavy atom. The molecular formula is C20H19FN6O3. The fourth-order valence-corrected chi connectivity index (χ4v) is 3.90. The van der Waals surface area contributed by atoms with Crippen molar-refractivity contribution in [3.05, 3.63) is 74.8 Å². The lowest BCUT2D eigenvalue weighted by Gasteiger charge is -2.40. The number of hydrogen-bond acceptors (Lipinski definition) is 6. The molecule has 3 heterocycles. The summed E-state index contributed by atoms with van der Waals surface area (Å²) in [5, 5.41) is 4.19. The molecular weight excluding hydrogens is 391 g/mol. The number of nitrogens with zero attached hydrogens (tertiary/aromatic N) is 6. The number of aryl methyl sites for hydroxylation is 2. The Morgan fingerprint density at radius 1 is 1.17 bits per heavy atom. The number of benzene rings is 1. The first-order valence-electron chi connectivity index (χ1n) is 9.55. The second-order valence-electron chi connectivity index (χ2n) is 7.80. The molecule has 0 radical (unpaired) electrons. The van der Waals surface area contributed by atoms with Gasteiger partial charge in [-0.2, -0.15) is 4.68 Å². The predicted molar refractivity (Wildman–Crippen MR) is 105 cm³/mol. The van der Waals surface area contributed by atoms with E-state index in [1.165, 1.54) is 21.9 Å². The fraction of sp³-hybridized carbons (Fsp3) is 0.350. The predicted octanol–water partition coefficient (Wildman–Crippen LogP) is 1.84. The van der Waals surface area contributed by atoms with Crippen LogP contribution in [0.15, 0.2) is 50.9 Å². The maximum absolute atomic E-state index is 15.2. The van der Waals surface area contributed by atoms with Gasteiger partial charge in [-0.1, -0.05) is 29.8 Å². The monoisotopic (exact) mass is 410 g/mol. The van der Waals surface area contributed by atoms with E-state index in [4.69, 9.17) is 4.42 Å². The van der Waals surface area contributed by atoms with Gasteiger partial charge < -0.3 is 8.98 Å². The van der Waals surface area contributed by atoms with Crippen LogP contribution < -0.4 is 11.3 Å². The zero-order chi connectivity index (χ0) is 21.0. The number of imidazole rings is 1. The minimum absolute atomic E-state index is 0.0549. The zero-order valence-electron chi connectivity index (χ0n) is 16.4. The van der Waals surface area contributed by atoms with E-state index in [2.05, 4.69) is 15.1 Å². The topological polar surface area (TPSA) is 101 Å². The van der Waals surface area contributed by atoms with E-state index in [9.17, 15) is 9.59 Å². The Bertz CT molecular complexity index is 1360. The molecule has 1 aliphatic carbocycles. The van der Waals surface area contributed by atoms with Crippen LogP contribution in [0.2, 0.25) is 0 Å². The molecule has 0 saturated heterocycles. The molecule has 0 bridgehead atoms. The van der Waals surface area contributed by atoms with Gasteiger partial charge in [0.25, 0.3) is 5.56 Å². The Kier molecular flexibility index (Phi) is 3.99. The summed E-state index contributed by atoms with van der Waals surface area (Å²) in [6.45, 7) is 1.89. The molecule has 0 amide bonds. The van der Waals surface area contributed by atoms with Crippen molar-refractivity contribution in [2.24, 2.45) is 7.05 Å². The van der Waals surface area contributed by atoms with Gasteiger partial charge in [0.05, 0.1) is 12.4 Å². The van der Waals surface area contributed by atoms with Crippen LogP contribution >= 0.6 is 0 Å². The summed E-state index contributed by atoms with van der Waals surface area (Å²) in [6, 6.07) is 6.90.